The van der Waals surface area contributed by atoms with Gasteiger partial charge in [-0.1, -0.05) is 18.6 Å². The van der Waals surface area contributed by atoms with Gasteiger partial charge >= 0.3 is 0 Å². The lowest BCUT2D eigenvalue weighted by Gasteiger charge is -2.60. The summed E-state index contributed by atoms with van der Waals surface area (Å²) in [7, 11) is 0. The zero-order valence-corrected chi connectivity index (χ0v) is 17.7. The van der Waals surface area contributed by atoms with E-state index < -0.39 is 0 Å². The smallest absolute Gasteiger partial charge is 0.174 e. The van der Waals surface area contributed by atoms with E-state index in [1.165, 1.54) is 31.3 Å². The molecule has 5 fully saturated rings. The molecule has 5 atom stereocenters. The first kappa shape index (κ1) is 18.9. The van der Waals surface area contributed by atoms with Gasteiger partial charge in [0.25, 0.3) is 0 Å². The minimum atomic E-state index is -0.372. The molecule has 2 spiro atoms. The number of rotatable bonds is 1. The van der Waals surface area contributed by atoms with Crippen LogP contribution in [0.25, 0.3) is 0 Å². The van der Waals surface area contributed by atoms with Crippen LogP contribution < -0.4 is 0 Å². The van der Waals surface area contributed by atoms with Gasteiger partial charge in [0.05, 0.1) is 26.4 Å². The van der Waals surface area contributed by atoms with Gasteiger partial charge < -0.3 is 18.9 Å². The van der Waals surface area contributed by atoms with E-state index in [0.29, 0.717) is 17.8 Å². The monoisotopic (exact) mass is 398 g/mol. The predicted octanol–water partition coefficient (Wildman–Crippen LogP) is 4.44. The van der Waals surface area contributed by atoms with Crippen LogP contribution in [0, 0.1) is 40.9 Å². The molecule has 4 aliphatic carbocycles. The summed E-state index contributed by atoms with van der Waals surface area (Å²) in [5, 5.41) is 0. The Labute approximate surface area is 174 Å². The van der Waals surface area contributed by atoms with E-state index in [9.17, 15) is 0 Å². The number of hydrogen-bond donors (Lipinski definition) is 0. The van der Waals surface area contributed by atoms with E-state index in [2.05, 4.69) is 18.9 Å². The Kier molecular flexibility index (Phi) is 4.12. The lowest BCUT2D eigenvalue weighted by molar-refractivity contribution is -0.244. The standard InChI is InChI=1S/C25H34O4/c1-3-8-23-11-12-24(26-13-14-27-24)17-18(23)4-5-19-20-7-10-25(28-15-16-29-25)22(20,2)9-6-21(19)23/h1,4,19-21H,5-17H2,2H3/t19-,20-,21-,22-,23?/m0/s1. The molecule has 2 saturated heterocycles. The molecule has 0 aromatic rings. The summed E-state index contributed by atoms with van der Waals surface area (Å²) >= 11 is 0. The molecule has 0 amide bonds. The minimum absolute atomic E-state index is 0.140. The fraction of sp³-hybridized carbons (Fsp3) is 0.840. The zero-order valence-electron chi connectivity index (χ0n) is 17.7. The first-order chi connectivity index (χ1) is 14.1. The fourth-order valence-corrected chi connectivity index (χ4v) is 8.55. The molecule has 3 saturated carbocycles. The van der Waals surface area contributed by atoms with E-state index in [4.69, 9.17) is 25.4 Å². The molecule has 0 bridgehead atoms. The van der Waals surface area contributed by atoms with Gasteiger partial charge in [-0.05, 0) is 49.9 Å². The highest BCUT2D eigenvalue weighted by Crippen LogP contribution is 2.69. The van der Waals surface area contributed by atoms with E-state index >= 15 is 0 Å². The summed E-state index contributed by atoms with van der Waals surface area (Å²) in [5.74, 6) is 4.42. The van der Waals surface area contributed by atoms with Crippen molar-refractivity contribution in [3.63, 3.8) is 0 Å². The lowest BCUT2D eigenvalue weighted by Crippen LogP contribution is -2.56. The maximum absolute atomic E-state index is 6.29. The molecule has 0 N–H and O–H groups in total. The highest BCUT2D eigenvalue weighted by Gasteiger charge is 2.67. The van der Waals surface area contributed by atoms with Gasteiger partial charge in [-0.25, -0.2) is 0 Å². The van der Waals surface area contributed by atoms with Crippen molar-refractivity contribution in [3.05, 3.63) is 11.6 Å². The van der Waals surface area contributed by atoms with Crippen molar-refractivity contribution >= 4 is 0 Å². The van der Waals surface area contributed by atoms with Crippen LogP contribution in [0.3, 0.4) is 0 Å². The molecule has 2 aliphatic heterocycles. The zero-order chi connectivity index (χ0) is 19.7. The number of terminal acetylenes is 1. The van der Waals surface area contributed by atoms with Crippen molar-refractivity contribution in [2.75, 3.05) is 26.4 Å². The van der Waals surface area contributed by atoms with Gasteiger partial charge in [0.15, 0.2) is 11.6 Å². The van der Waals surface area contributed by atoms with E-state index in [1.807, 2.05) is 0 Å². The number of fused-ring (bicyclic) bond motifs is 6. The quantitative estimate of drug-likeness (QED) is 0.483. The summed E-state index contributed by atoms with van der Waals surface area (Å²) in [6.45, 7) is 5.41. The van der Waals surface area contributed by atoms with Crippen LogP contribution in [0.1, 0.15) is 64.7 Å². The van der Waals surface area contributed by atoms with Crippen LogP contribution in [-0.4, -0.2) is 38.0 Å². The van der Waals surface area contributed by atoms with Crippen LogP contribution in [0.5, 0.6) is 0 Å². The van der Waals surface area contributed by atoms with Crippen molar-refractivity contribution in [1.29, 1.82) is 0 Å². The third-order valence-electron chi connectivity index (χ3n) is 9.86. The molecule has 1 unspecified atom stereocenters. The van der Waals surface area contributed by atoms with E-state index in [1.54, 1.807) is 0 Å². The van der Waals surface area contributed by atoms with Crippen molar-refractivity contribution in [1.82, 2.24) is 0 Å². The Morgan fingerprint density at radius 3 is 2.45 bits per heavy atom. The first-order valence-corrected chi connectivity index (χ1v) is 11.8. The Morgan fingerprint density at radius 2 is 1.69 bits per heavy atom. The maximum atomic E-state index is 6.29. The second-order valence-electron chi connectivity index (χ2n) is 10.6. The molecule has 4 nitrogen and oxygen atoms in total. The number of ether oxygens (including phenoxy) is 4. The summed E-state index contributed by atoms with van der Waals surface area (Å²) in [6.07, 6.45) is 18.2. The highest BCUT2D eigenvalue weighted by molar-refractivity contribution is 5.30. The third kappa shape index (κ3) is 2.37. The van der Waals surface area contributed by atoms with Gasteiger partial charge in [-0.2, -0.15) is 0 Å². The minimum Gasteiger partial charge on any atom is -0.347 e. The van der Waals surface area contributed by atoms with Gasteiger partial charge in [0, 0.05) is 36.5 Å². The number of hydrogen-bond acceptors (Lipinski definition) is 4. The molecular weight excluding hydrogens is 364 g/mol. The Balaban J connectivity index is 1.35. The van der Waals surface area contributed by atoms with E-state index in [0.717, 1.165) is 58.5 Å². The van der Waals surface area contributed by atoms with Crippen LogP contribution in [0.4, 0.5) is 0 Å². The maximum Gasteiger partial charge on any atom is 0.174 e. The molecule has 29 heavy (non-hydrogen) atoms. The molecule has 0 aromatic carbocycles. The van der Waals surface area contributed by atoms with E-state index in [-0.39, 0.29) is 22.4 Å². The largest absolute Gasteiger partial charge is 0.347 e. The molecule has 158 valence electrons. The normalized spacial score (nSPS) is 46.8. The van der Waals surface area contributed by atoms with Gasteiger partial charge in [0.2, 0.25) is 0 Å². The first-order valence-electron chi connectivity index (χ1n) is 11.8. The molecule has 6 aliphatic rings. The second-order valence-corrected chi connectivity index (χ2v) is 10.6. The third-order valence-corrected chi connectivity index (χ3v) is 9.86. The van der Waals surface area contributed by atoms with Crippen LogP contribution >= 0.6 is 0 Å². The highest BCUT2D eigenvalue weighted by atomic mass is 16.7. The van der Waals surface area contributed by atoms with Gasteiger partial charge in [0.1, 0.15) is 0 Å². The summed E-state index contributed by atoms with van der Waals surface area (Å²) in [5.41, 5.74) is 1.82. The molecule has 0 radical (unpaired) electrons. The van der Waals surface area contributed by atoms with Crippen molar-refractivity contribution in [2.45, 2.75) is 76.3 Å². The predicted molar refractivity (Wildman–Crippen MR) is 109 cm³/mol. The Morgan fingerprint density at radius 1 is 0.966 bits per heavy atom. The van der Waals surface area contributed by atoms with Crippen molar-refractivity contribution in [3.8, 4) is 12.3 Å². The summed E-state index contributed by atoms with van der Waals surface area (Å²) in [6, 6.07) is 0. The van der Waals surface area contributed by atoms with Crippen molar-refractivity contribution in [2.24, 2.45) is 28.6 Å². The molecule has 2 heterocycles. The topological polar surface area (TPSA) is 36.9 Å². The summed E-state index contributed by atoms with van der Waals surface area (Å²) in [4.78, 5) is 0. The lowest BCUT2D eigenvalue weighted by atomic mass is 9.46. The van der Waals surface area contributed by atoms with Gasteiger partial charge in [-0.3, -0.25) is 0 Å². The average Bonchev–Trinajstić information content (AvgIpc) is 3.44. The van der Waals surface area contributed by atoms with Gasteiger partial charge in [-0.15, -0.1) is 12.3 Å². The fourth-order valence-electron chi connectivity index (χ4n) is 8.55. The average molecular weight is 399 g/mol. The molecule has 0 aromatic heterocycles. The molecule has 4 heteroatoms. The Bertz CT molecular complexity index is 753. The second kappa shape index (κ2) is 6.33. The molecule has 6 rings (SSSR count). The Hall–Kier alpha value is -0.860. The SMILES string of the molecule is C#CCC12CCC3(CC1=CC[C@@H]1[C@@H]2CC[C@@]2(C)[C@H]1CCC21OCCO1)OCCO3. The number of allylic oxidation sites excluding steroid dienone is 1. The van der Waals surface area contributed by atoms with Crippen LogP contribution in [-0.2, 0) is 18.9 Å². The summed E-state index contributed by atoms with van der Waals surface area (Å²) < 4.78 is 24.8. The molecular formula is C25H34O4. The van der Waals surface area contributed by atoms with Crippen molar-refractivity contribution < 1.29 is 18.9 Å². The van der Waals surface area contributed by atoms with Crippen LogP contribution in [0.15, 0.2) is 11.6 Å². The van der Waals surface area contributed by atoms with Crippen LogP contribution in [0.2, 0.25) is 0 Å².